The van der Waals surface area contributed by atoms with Crippen LogP contribution in [-0.4, -0.2) is 22.5 Å². The van der Waals surface area contributed by atoms with Crippen LogP contribution in [-0.2, 0) is 29.2 Å². The molecule has 0 aliphatic carbocycles. The number of carbonyl (C=O) groups is 1. The normalized spacial score (nSPS) is 12.9. The predicted octanol–water partition coefficient (Wildman–Crippen LogP) is 4.91. The van der Waals surface area contributed by atoms with E-state index in [1.165, 1.54) is 16.8 Å². The number of ether oxygens (including phenoxy) is 3. The Morgan fingerprint density at radius 1 is 1.27 bits per heavy atom. The number of fused-ring (bicyclic) bond motifs is 1. The van der Waals surface area contributed by atoms with Gasteiger partial charge < -0.3 is 14.2 Å². The van der Waals surface area contributed by atoms with Crippen molar-refractivity contribution >= 4 is 29.2 Å². The molecular formula is C21H17Cl2FN2O4. The van der Waals surface area contributed by atoms with Crippen LogP contribution in [0.2, 0.25) is 10.2 Å². The topological polar surface area (TPSA) is 62.6 Å². The van der Waals surface area contributed by atoms with E-state index in [9.17, 15) is 9.18 Å². The highest BCUT2D eigenvalue weighted by Crippen LogP contribution is 2.31. The second-order valence-corrected chi connectivity index (χ2v) is 7.51. The van der Waals surface area contributed by atoms with Crippen LogP contribution in [0, 0.1) is 12.7 Å². The number of aromatic nitrogens is 2. The molecule has 4 rings (SSSR count). The molecule has 0 N–H and O–H groups in total. The number of hydrogen-bond acceptors (Lipinski definition) is 5. The third-order valence-corrected chi connectivity index (χ3v) is 5.41. The third-order valence-electron chi connectivity index (χ3n) is 4.66. The first-order valence-electron chi connectivity index (χ1n) is 9.09. The highest BCUT2D eigenvalue weighted by molar-refractivity contribution is 6.33. The van der Waals surface area contributed by atoms with E-state index in [4.69, 9.17) is 37.4 Å². The second kappa shape index (κ2) is 8.63. The summed E-state index contributed by atoms with van der Waals surface area (Å²) in [5.41, 5.74) is 2.36. The lowest BCUT2D eigenvalue weighted by Crippen LogP contribution is -2.15. The minimum absolute atomic E-state index is 0.0549. The Bertz CT molecular complexity index is 1120. The van der Waals surface area contributed by atoms with Gasteiger partial charge in [0.05, 0.1) is 18.8 Å². The van der Waals surface area contributed by atoms with Gasteiger partial charge in [-0.1, -0.05) is 41.4 Å². The summed E-state index contributed by atoms with van der Waals surface area (Å²) >= 11 is 12.6. The maximum absolute atomic E-state index is 13.9. The van der Waals surface area contributed by atoms with Gasteiger partial charge in [-0.05, 0) is 30.7 Å². The lowest BCUT2D eigenvalue weighted by atomic mass is 10.1. The highest BCUT2D eigenvalue weighted by atomic mass is 35.5. The number of hydrogen-bond donors (Lipinski definition) is 0. The van der Waals surface area contributed by atoms with Crippen LogP contribution >= 0.6 is 23.2 Å². The van der Waals surface area contributed by atoms with E-state index < -0.39 is 11.8 Å². The number of carbonyl (C=O) groups excluding carboxylic acids is 1. The van der Waals surface area contributed by atoms with Crippen molar-refractivity contribution in [2.45, 2.75) is 26.7 Å². The fourth-order valence-corrected chi connectivity index (χ4v) is 3.76. The fourth-order valence-electron chi connectivity index (χ4n) is 3.26. The zero-order valence-corrected chi connectivity index (χ0v) is 17.5. The molecule has 0 fully saturated rings. The molecule has 156 valence electrons. The van der Waals surface area contributed by atoms with Gasteiger partial charge in [-0.3, -0.25) is 0 Å². The summed E-state index contributed by atoms with van der Waals surface area (Å²) in [4.78, 5) is 12.7. The molecule has 3 aromatic rings. The molecule has 0 unspecified atom stereocenters. The van der Waals surface area contributed by atoms with Crippen LogP contribution in [0.1, 0.15) is 32.7 Å². The first-order valence-corrected chi connectivity index (χ1v) is 9.85. The largest absolute Gasteiger partial charge is 0.467 e. The van der Waals surface area contributed by atoms with E-state index in [0.29, 0.717) is 34.1 Å². The lowest BCUT2D eigenvalue weighted by molar-refractivity contribution is -0.0182. The SMILES string of the molecule is Cc1nn(Cc2ccccc2Cl)c(Cl)c1C(=O)OCc1cc(F)cc2c1OCOC2. The van der Waals surface area contributed by atoms with Gasteiger partial charge in [-0.2, -0.15) is 5.10 Å². The van der Waals surface area contributed by atoms with E-state index in [1.54, 1.807) is 13.0 Å². The Hall–Kier alpha value is -2.61. The van der Waals surface area contributed by atoms with Crippen LogP contribution in [0.4, 0.5) is 4.39 Å². The minimum atomic E-state index is -0.659. The average molecular weight is 451 g/mol. The number of esters is 1. The van der Waals surface area contributed by atoms with Crippen molar-refractivity contribution < 1.29 is 23.4 Å². The van der Waals surface area contributed by atoms with Crippen molar-refractivity contribution in [3.8, 4) is 5.75 Å². The number of benzene rings is 2. The summed E-state index contributed by atoms with van der Waals surface area (Å²) in [6, 6.07) is 9.90. The molecule has 1 aliphatic heterocycles. The van der Waals surface area contributed by atoms with Crippen molar-refractivity contribution in [3.63, 3.8) is 0 Å². The Kier molecular flexibility index (Phi) is 5.94. The molecule has 0 radical (unpaired) electrons. The van der Waals surface area contributed by atoms with Gasteiger partial charge >= 0.3 is 5.97 Å². The Morgan fingerprint density at radius 3 is 2.87 bits per heavy atom. The van der Waals surface area contributed by atoms with Gasteiger partial charge in [-0.25, -0.2) is 13.9 Å². The zero-order chi connectivity index (χ0) is 21.3. The van der Waals surface area contributed by atoms with E-state index in [1.807, 2.05) is 18.2 Å². The zero-order valence-electron chi connectivity index (χ0n) is 16.0. The summed E-state index contributed by atoms with van der Waals surface area (Å²) in [7, 11) is 0. The van der Waals surface area contributed by atoms with Gasteiger partial charge in [0, 0.05) is 16.1 Å². The summed E-state index contributed by atoms with van der Waals surface area (Å²) in [6.07, 6.45) is 0. The molecule has 30 heavy (non-hydrogen) atoms. The van der Waals surface area contributed by atoms with E-state index >= 15 is 0 Å². The maximum atomic E-state index is 13.9. The molecule has 0 atom stereocenters. The van der Waals surface area contributed by atoms with Gasteiger partial charge in [-0.15, -0.1) is 0 Å². The van der Waals surface area contributed by atoms with E-state index in [-0.39, 0.29) is 30.7 Å². The number of halogens is 3. The van der Waals surface area contributed by atoms with Crippen LogP contribution in [0.5, 0.6) is 5.75 Å². The number of rotatable bonds is 5. The quantitative estimate of drug-likeness (QED) is 0.516. The van der Waals surface area contributed by atoms with Crippen molar-refractivity contribution in [1.29, 1.82) is 0 Å². The van der Waals surface area contributed by atoms with Gasteiger partial charge in [0.1, 0.15) is 28.9 Å². The summed E-state index contributed by atoms with van der Waals surface area (Å²) in [5.74, 6) is -0.656. The molecule has 2 aromatic carbocycles. The molecule has 0 saturated carbocycles. The predicted molar refractivity (Wildman–Crippen MR) is 108 cm³/mol. The van der Waals surface area contributed by atoms with Crippen molar-refractivity contribution in [1.82, 2.24) is 9.78 Å². The van der Waals surface area contributed by atoms with Crippen molar-refractivity contribution in [2.75, 3.05) is 6.79 Å². The first-order chi connectivity index (χ1) is 14.4. The van der Waals surface area contributed by atoms with Gasteiger partial charge in [0.15, 0.2) is 6.79 Å². The molecule has 1 aliphatic rings. The molecular weight excluding hydrogens is 434 g/mol. The third kappa shape index (κ3) is 4.14. The molecule has 0 bridgehead atoms. The molecule has 2 heterocycles. The molecule has 0 saturated heterocycles. The van der Waals surface area contributed by atoms with Crippen LogP contribution in [0.25, 0.3) is 0 Å². The van der Waals surface area contributed by atoms with Crippen LogP contribution in [0.3, 0.4) is 0 Å². The Balaban J connectivity index is 1.53. The number of aryl methyl sites for hydroxylation is 1. The Morgan fingerprint density at radius 2 is 2.07 bits per heavy atom. The minimum Gasteiger partial charge on any atom is -0.467 e. The molecule has 0 amide bonds. The van der Waals surface area contributed by atoms with Crippen molar-refractivity contribution in [3.05, 3.63) is 80.3 Å². The molecule has 0 spiro atoms. The van der Waals surface area contributed by atoms with Crippen molar-refractivity contribution in [2.24, 2.45) is 0 Å². The Labute approximate surface area is 182 Å². The van der Waals surface area contributed by atoms with Crippen LogP contribution in [0.15, 0.2) is 36.4 Å². The standard InChI is InChI=1S/C21H17Cl2FN2O4/c1-12-18(20(23)26(25-12)8-13-4-2-3-5-17(13)22)21(27)29-10-15-7-16(24)6-14-9-28-11-30-19(14)15/h2-7H,8-11H2,1H3. The summed E-state index contributed by atoms with van der Waals surface area (Å²) in [5, 5.41) is 5.05. The smallest absolute Gasteiger partial charge is 0.343 e. The molecule has 1 aromatic heterocycles. The number of nitrogens with zero attached hydrogens (tertiary/aromatic N) is 2. The second-order valence-electron chi connectivity index (χ2n) is 6.74. The van der Waals surface area contributed by atoms with Gasteiger partial charge in [0.25, 0.3) is 0 Å². The average Bonchev–Trinajstić information content (AvgIpc) is 3.00. The monoisotopic (exact) mass is 450 g/mol. The molecule has 6 nitrogen and oxygen atoms in total. The van der Waals surface area contributed by atoms with Gasteiger partial charge in [0.2, 0.25) is 0 Å². The van der Waals surface area contributed by atoms with E-state index in [2.05, 4.69) is 5.10 Å². The highest BCUT2D eigenvalue weighted by Gasteiger charge is 2.24. The fraction of sp³-hybridized carbons (Fsp3) is 0.238. The lowest BCUT2D eigenvalue weighted by Gasteiger charge is -2.20. The maximum Gasteiger partial charge on any atom is 0.343 e. The van der Waals surface area contributed by atoms with E-state index in [0.717, 1.165) is 5.56 Å². The first kappa shape index (κ1) is 20.7. The summed E-state index contributed by atoms with van der Waals surface area (Å²) < 4.78 is 31.4. The molecule has 9 heteroatoms. The van der Waals surface area contributed by atoms with Crippen LogP contribution < -0.4 is 4.74 Å². The summed E-state index contributed by atoms with van der Waals surface area (Å²) in [6.45, 7) is 2.07.